The molecule has 0 unspecified atom stereocenters. The lowest BCUT2D eigenvalue weighted by Crippen LogP contribution is -2.35. The number of hydrogen-bond donors (Lipinski definition) is 1. The summed E-state index contributed by atoms with van der Waals surface area (Å²) in [4.78, 5) is 13.1. The molecule has 9 heteroatoms. The fourth-order valence-corrected chi connectivity index (χ4v) is 4.21. The van der Waals surface area contributed by atoms with Crippen molar-refractivity contribution in [3.8, 4) is 5.75 Å². The fraction of sp³-hybridized carbons (Fsp3) is 0.458. The van der Waals surface area contributed by atoms with E-state index in [2.05, 4.69) is 0 Å². The van der Waals surface area contributed by atoms with Crippen LogP contribution in [0.2, 0.25) is 0 Å². The molecule has 0 amide bonds. The monoisotopic (exact) mass is 469 g/mol. The maximum absolute atomic E-state index is 14.2. The highest BCUT2D eigenvalue weighted by molar-refractivity contribution is 5.88. The van der Waals surface area contributed by atoms with Crippen molar-refractivity contribution in [2.24, 2.45) is 5.92 Å². The second kappa shape index (κ2) is 9.29. The average molecular weight is 469 g/mol. The summed E-state index contributed by atoms with van der Waals surface area (Å²) < 4.78 is 72.8. The molecule has 1 N–H and O–H groups in total. The Labute approximate surface area is 188 Å². The first-order chi connectivity index (χ1) is 15.6. The molecule has 33 heavy (non-hydrogen) atoms. The molecule has 2 aliphatic rings. The molecule has 178 valence electrons. The van der Waals surface area contributed by atoms with Crippen molar-refractivity contribution in [1.29, 1.82) is 0 Å². The second-order valence-corrected chi connectivity index (χ2v) is 8.78. The van der Waals surface area contributed by atoms with Crippen molar-refractivity contribution in [1.82, 2.24) is 4.90 Å². The van der Waals surface area contributed by atoms with Crippen LogP contribution in [-0.2, 0) is 12.7 Å². The normalized spacial score (nSPS) is 17.8. The van der Waals surface area contributed by atoms with Crippen LogP contribution in [0.4, 0.5) is 22.0 Å². The highest BCUT2D eigenvalue weighted by atomic mass is 19.4. The van der Waals surface area contributed by atoms with Crippen LogP contribution in [0.15, 0.2) is 30.3 Å². The number of ether oxygens (including phenoxy) is 1. The molecule has 0 spiro atoms. The molecule has 0 aromatic heterocycles. The van der Waals surface area contributed by atoms with Crippen LogP contribution >= 0.6 is 0 Å². The van der Waals surface area contributed by atoms with Gasteiger partial charge in [-0.15, -0.1) is 0 Å². The van der Waals surface area contributed by atoms with E-state index in [0.717, 1.165) is 37.1 Å². The SMILES string of the molecule is O=C(O)c1cc(C2CC2)c(OCC2CCN(Cc3cc(C(F)(F)F)ccc3F)CC2)cc1F. The lowest BCUT2D eigenvalue weighted by atomic mass is 9.97. The van der Waals surface area contributed by atoms with Crippen LogP contribution in [0.25, 0.3) is 0 Å². The lowest BCUT2D eigenvalue weighted by molar-refractivity contribution is -0.137. The summed E-state index contributed by atoms with van der Waals surface area (Å²) in [6.45, 7) is 1.57. The van der Waals surface area contributed by atoms with Crippen molar-refractivity contribution >= 4 is 5.97 Å². The summed E-state index contributed by atoms with van der Waals surface area (Å²) in [5.74, 6) is -2.10. The van der Waals surface area contributed by atoms with Gasteiger partial charge in [0, 0.05) is 18.2 Å². The van der Waals surface area contributed by atoms with Gasteiger partial charge in [0.2, 0.25) is 0 Å². The zero-order chi connectivity index (χ0) is 23.8. The maximum atomic E-state index is 14.2. The summed E-state index contributed by atoms with van der Waals surface area (Å²) in [5, 5.41) is 9.15. The number of hydrogen-bond acceptors (Lipinski definition) is 3. The Bertz CT molecular complexity index is 1030. The van der Waals surface area contributed by atoms with Crippen molar-refractivity contribution < 1.29 is 36.6 Å². The van der Waals surface area contributed by atoms with Crippen LogP contribution < -0.4 is 4.74 Å². The zero-order valence-electron chi connectivity index (χ0n) is 17.8. The van der Waals surface area contributed by atoms with E-state index in [1.807, 2.05) is 4.90 Å². The van der Waals surface area contributed by atoms with Gasteiger partial charge in [0.05, 0.1) is 17.7 Å². The number of carbonyl (C=O) groups is 1. The third-order valence-electron chi connectivity index (χ3n) is 6.30. The van der Waals surface area contributed by atoms with Gasteiger partial charge in [-0.1, -0.05) is 0 Å². The molecule has 1 saturated heterocycles. The minimum absolute atomic E-state index is 0.0163. The molecule has 0 radical (unpaired) electrons. The third-order valence-corrected chi connectivity index (χ3v) is 6.30. The fourth-order valence-electron chi connectivity index (χ4n) is 4.21. The molecule has 2 aromatic carbocycles. The molecule has 0 bridgehead atoms. The molecule has 1 aliphatic heterocycles. The average Bonchev–Trinajstić information content (AvgIpc) is 3.59. The predicted molar refractivity (Wildman–Crippen MR) is 110 cm³/mol. The standard InChI is InChI=1S/C24H24F5NO3/c25-20-4-3-17(24(27,28)29)9-16(20)12-30-7-5-14(6-8-30)13-33-22-11-21(26)19(23(31)32)10-18(22)15-1-2-15/h3-4,9-11,14-15H,1-2,5-8,12-13H2,(H,31,32). The minimum Gasteiger partial charge on any atom is -0.493 e. The van der Waals surface area contributed by atoms with Gasteiger partial charge in [-0.3, -0.25) is 4.90 Å². The molecule has 0 atom stereocenters. The van der Waals surface area contributed by atoms with Crippen LogP contribution in [0.1, 0.15) is 58.6 Å². The number of aromatic carboxylic acids is 1. The number of nitrogens with zero attached hydrogens (tertiary/aromatic N) is 1. The van der Waals surface area contributed by atoms with Gasteiger partial charge >= 0.3 is 12.1 Å². The highest BCUT2D eigenvalue weighted by Gasteiger charge is 2.32. The molecule has 1 heterocycles. The Balaban J connectivity index is 1.34. The van der Waals surface area contributed by atoms with Gasteiger partial charge in [-0.25, -0.2) is 13.6 Å². The second-order valence-electron chi connectivity index (χ2n) is 8.78. The van der Waals surface area contributed by atoms with Crippen molar-refractivity contribution in [3.05, 3.63) is 64.2 Å². The van der Waals surface area contributed by atoms with Crippen molar-refractivity contribution in [3.63, 3.8) is 0 Å². The van der Waals surface area contributed by atoms with Crippen molar-refractivity contribution in [2.45, 2.75) is 44.3 Å². The minimum atomic E-state index is -4.52. The molecule has 2 aromatic rings. The van der Waals surface area contributed by atoms with E-state index in [0.29, 0.717) is 43.9 Å². The molecule has 1 saturated carbocycles. The van der Waals surface area contributed by atoms with E-state index in [1.165, 1.54) is 6.07 Å². The number of piperidine rings is 1. The largest absolute Gasteiger partial charge is 0.493 e. The van der Waals surface area contributed by atoms with E-state index in [9.17, 15) is 26.7 Å². The molecular formula is C24H24F5NO3. The van der Waals surface area contributed by atoms with Crippen LogP contribution in [0.3, 0.4) is 0 Å². The number of benzene rings is 2. The molecule has 2 fully saturated rings. The number of likely N-dealkylation sites (tertiary alicyclic amines) is 1. The van der Waals surface area contributed by atoms with Crippen LogP contribution in [0, 0.1) is 17.6 Å². The first-order valence-electron chi connectivity index (χ1n) is 10.9. The Hall–Kier alpha value is -2.68. The first-order valence-corrected chi connectivity index (χ1v) is 10.9. The molecule has 1 aliphatic carbocycles. The summed E-state index contributed by atoms with van der Waals surface area (Å²) in [7, 11) is 0. The summed E-state index contributed by atoms with van der Waals surface area (Å²) in [6, 6.07) is 4.95. The van der Waals surface area contributed by atoms with Gasteiger partial charge in [0.25, 0.3) is 0 Å². The van der Waals surface area contributed by atoms with E-state index >= 15 is 0 Å². The smallest absolute Gasteiger partial charge is 0.416 e. The van der Waals surface area contributed by atoms with E-state index in [1.54, 1.807) is 0 Å². The van der Waals surface area contributed by atoms with Crippen molar-refractivity contribution in [2.75, 3.05) is 19.7 Å². The Morgan fingerprint density at radius 1 is 1.03 bits per heavy atom. The van der Waals surface area contributed by atoms with E-state index in [-0.39, 0.29) is 29.5 Å². The van der Waals surface area contributed by atoms with Crippen LogP contribution in [0.5, 0.6) is 5.75 Å². The Morgan fingerprint density at radius 2 is 1.73 bits per heavy atom. The zero-order valence-corrected chi connectivity index (χ0v) is 17.8. The maximum Gasteiger partial charge on any atom is 0.416 e. The van der Waals surface area contributed by atoms with E-state index in [4.69, 9.17) is 9.84 Å². The van der Waals surface area contributed by atoms with Gasteiger partial charge in [-0.2, -0.15) is 13.2 Å². The van der Waals surface area contributed by atoms with Gasteiger partial charge in [0.1, 0.15) is 17.4 Å². The summed E-state index contributed by atoms with van der Waals surface area (Å²) >= 11 is 0. The molecule has 4 rings (SSSR count). The van der Waals surface area contributed by atoms with Gasteiger partial charge in [0.15, 0.2) is 0 Å². The first kappa shape index (κ1) is 23.5. The Kier molecular flexibility index (Phi) is 6.61. The topological polar surface area (TPSA) is 49.8 Å². The van der Waals surface area contributed by atoms with E-state index < -0.39 is 29.3 Å². The van der Waals surface area contributed by atoms with Gasteiger partial charge < -0.3 is 9.84 Å². The number of carboxylic acid groups (broad SMARTS) is 1. The third kappa shape index (κ3) is 5.63. The number of carboxylic acids is 1. The summed E-state index contributed by atoms with van der Waals surface area (Å²) in [5.41, 5.74) is -0.497. The molecular weight excluding hydrogens is 445 g/mol. The lowest BCUT2D eigenvalue weighted by Gasteiger charge is -2.32. The van der Waals surface area contributed by atoms with Crippen LogP contribution in [-0.4, -0.2) is 35.7 Å². The predicted octanol–water partition coefficient (Wildman–Crippen LogP) is 5.85. The van der Waals surface area contributed by atoms with Gasteiger partial charge in [-0.05, 0) is 80.4 Å². The number of alkyl halides is 3. The molecule has 4 nitrogen and oxygen atoms in total. The number of rotatable bonds is 7. The highest BCUT2D eigenvalue weighted by Crippen LogP contribution is 2.45. The Morgan fingerprint density at radius 3 is 2.33 bits per heavy atom. The number of halogens is 5. The summed E-state index contributed by atoms with van der Waals surface area (Å²) in [6.07, 6.45) is -1.30. The quantitative estimate of drug-likeness (QED) is 0.517.